The molecular formula is C24H20F2N2O6. The van der Waals surface area contributed by atoms with Crippen molar-refractivity contribution in [2.45, 2.75) is 0 Å². The number of esters is 1. The lowest BCUT2D eigenvalue weighted by atomic mass is 10.2. The minimum Gasteiger partial charge on any atom is -0.497 e. The number of benzene rings is 3. The Balaban J connectivity index is 1.45. The first-order chi connectivity index (χ1) is 16.3. The van der Waals surface area contributed by atoms with Crippen LogP contribution in [0.15, 0.2) is 66.7 Å². The van der Waals surface area contributed by atoms with Gasteiger partial charge >= 0.3 is 5.97 Å². The average molecular weight is 470 g/mol. The minimum absolute atomic E-state index is 0.123. The van der Waals surface area contributed by atoms with Crippen LogP contribution in [0.1, 0.15) is 10.4 Å². The van der Waals surface area contributed by atoms with E-state index < -0.39 is 36.0 Å². The van der Waals surface area contributed by atoms with Gasteiger partial charge in [0.2, 0.25) is 0 Å². The van der Waals surface area contributed by atoms with Crippen molar-refractivity contribution in [1.82, 2.24) is 0 Å². The number of rotatable bonds is 9. The largest absolute Gasteiger partial charge is 0.497 e. The van der Waals surface area contributed by atoms with E-state index in [0.717, 1.165) is 18.2 Å². The number of amides is 2. The van der Waals surface area contributed by atoms with E-state index in [9.17, 15) is 23.2 Å². The SMILES string of the molecule is COc1cccc(NC(=O)COc2ccc(C(=O)OCC(=O)Nc3cc(F)ccc3F)cc2)c1. The summed E-state index contributed by atoms with van der Waals surface area (Å²) in [4.78, 5) is 36.0. The maximum atomic E-state index is 13.6. The number of methoxy groups -OCH3 is 1. The van der Waals surface area contributed by atoms with Crippen molar-refractivity contribution in [3.8, 4) is 11.5 Å². The van der Waals surface area contributed by atoms with Crippen LogP contribution in [0.25, 0.3) is 0 Å². The molecule has 0 heterocycles. The summed E-state index contributed by atoms with van der Waals surface area (Å²) in [5, 5.41) is 4.79. The quantitative estimate of drug-likeness (QED) is 0.462. The van der Waals surface area contributed by atoms with E-state index >= 15 is 0 Å². The second-order valence-corrected chi connectivity index (χ2v) is 6.84. The van der Waals surface area contributed by atoms with Crippen LogP contribution in [0.2, 0.25) is 0 Å². The first-order valence-corrected chi connectivity index (χ1v) is 9.93. The van der Waals surface area contributed by atoms with Gasteiger partial charge in [0.15, 0.2) is 13.2 Å². The van der Waals surface area contributed by atoms with Crippen molar-refractivity contribution in [1.29, 1.82) is 0 Å². The Labute approximate surface area is 193 Å². The Morgan fingerprint density at radius 1 is 0.824 bits per heavy atom. The van der Waals surface area contributed by atoms with E-state index in [1.165, 1.54) is 31.4 Å². The molecule has 0 saturated carbocycles. The van der Waals surface area contributed by atoms with Crippen molar-refractivity contribution in [2.75, 3.05) is 31.0 Å². The molecule has 3 aromatic rings. The number of nitrogens with one attached hydrogen (secondary N) is 2. The molecule has 176 valence electrons. The van der Waals surface area contributed by atoms with Gasteiger partial charge in [0, 0.05) is 17.8 Å². The van der Waals surface area contributed by atoms with E-state index in [1.54, 1.807) is 24.3 Å². The molecule has 0 aliphatic rings. The normalized spacial score (nSPS) is 10.2. The molecule has 3 aromatic carbocycles. The third-order valence-electron chi connectivity index (χ3n) is 4.35. The van der Waals surface area contributed by atoms with Crippen LogP contribution in [-0.2, 0) is 14.3 Å². The van der Waals surface area contributed by atoms with Gasteiger partial charge in [-0.15, -0.1) is 0 Å². The van der Waals surface area contributed by atoms with Crippen molar-refractivity contribution in [3.63, 3.8) is 0 Å². The summed E-state index contributed by atoms with van der Waals surface area (Å²) in [7, 11) is 1.52. The molecule has 0 aliphatic heterocycles. The maximum Gasteiger partial charge on any atom is 0.338 e. The second-order valence-electron chi connectivity index (χ2n) is 6.84. The predicted molar refractivity (Wildman–Crippen MR) is 119 cm³/mol. The van der Waals surface area contributed by atoms with Gasteiger partial charge in [-0.05, 0) is 48.5 Å². The summed E-state index contributed by atoms with van der Waals surface area (Å²) in [6, 6.07) is 15.1. The molecule has 2 amide bonds. The van der Waals surface area contributed by atoms with Crippen LogP contribution in [0.3, 0.4) is 0 Å². The fourth-order valence-corrected chi connectivity index (χ4v) is 2.73. The van der Waals surface area contributed by atoms with Crippen LogP contribution in [0.4, 0.5) is 20.2 Å². The van der Waals surface area contributed by atoms with E-state index in [1.807, 2.05) is 0 Å². The average Bonchev–Trinajstić information content (AvgIpc) is 2.84. The van der Waals surface area contributed by atoms with Gasteiger partial charge in [-0.3, -0.25) is 9.59 Å². The molecule has 0 saturated heterocycles. The number of halogens is 2. The topological polar surface area (TPSA) is 103 Å². The first-order valence-electron chi connectivity index (χ1n) is 9.93. The molecule has 0 atom stereocenters. The highest BCUT2D eigenvalue weighted by atomic mass is 19.1. The molecule has 0 spiro atoms. The number of anilines is 2. The molecule has 10 heteroatoms. The van der Waals surface area contributed by atoms with Gasteiger partial charge in [-0.25, -0.2) is 13.6 Å². The standard InChI is InChI=1S/C24H20F2N2O6/c1-32-19-4-2-3-17(12-19)27-22(29)13-33-18-8-5-15(6-9-18)24(31)34-14-23(30)28-21-11-16(25)7-10-20(21)26/h2-12H,13-14H2,1H3,(H,27,29)(H,28,30). The Morgan fingerprint density at radius 3 is 2.29 bits per heavy atom. The maximum absolute atomic E-state index is 13.6. The number of hydrogen-bond acceptors (Lipinski definition) is 6. The molecule has 2 N–H and O–H groups in total. The van der Waals surface area contributed by atoms with Gasteiger partial charge in [0.1, 0.15) is 23.1 Å². The smallest absolute Gasteiger partial charge is 0.338 e. The number of carbonyl (C=O) groups excluding carboxylic acids is 3. The van der Waals surface area contributed by atoms with Gasteiger partial charge in [0.25, 0.3) is 11.8 Å². The van der Waals surface area contributed by atoms with Gasteiger partial charge < -0.3 is 24.8 Å². The Hall–Kier alpha value is -4.47. The highest BCUT2D eigenvalue weighted by molar-refractivity contribution is 5.95. The molecule has 0 bridgehead atoms. The van der Waals surface area contributed by atoms with E-state index in [-0.39, 0.29) is 17.9 Å². The van der Waals surface area contributed by atoms with Gasteiger partial charge in [-0.2, -0.15) is 0 Å². The Kier molecular flexibility index (Phi) is 8.11. The van der Waals surface area contributed by atoms with Gasteiger partial charge in [0.05, 0.1) is 18.4 Å². The van der Waals surface area contributed by atoms with Crippen molar-refractivity contribution in [3.05, 3.63) is 83.9 Å². The van der Waals surface area contributed by atoms with Crippen LogP contribution >= 0.6 is 0 Å². The molecule has 0 aliphatic carbocycles. The first kappa shape index (κ1) is 24.2. The summed E-state index contributed by atoms with van der Waals surface area (Å²) >= 11 is 0. The highest BCUT2D eigenvalue weighted by Crippen LogP contribution is 2.18. The van der Waals surface area contributed by atoms with Crippen molar-refractivity contribution in [2.24, 2.45) is 0 Å². The summed E-state index contributed by atoms with van der Waals surface area (Å²) in [5.41, 5.74) is 0.311. The second kappa shape index (κ2) is 11.4. The Morgan fingerprint density at radius 2 is 1.56 bits per heavy atom. The zero-order valence-corrected chi connectivity index (χ0v) is 18.0. The monoisotopic (exact) mass is 470 g/mol. The van der Waals surface area contributed by atoms with Crippen LogP contribution in [0.5, 0.6) is 11.5 Å². The lowest BCUT2D eigenvalue weighted by Gasteiger charge is -2.09. The Bertz CT molecular complexity index is 1180. The molecule has 0 radical (unpaired) electrons. The lowest BCUT2D eigenvalue weighted by Crippen LogP contribution is -2.21. The molecule has 0 aromatic heterocycles. The number of ether oxygens (including phenoxy) is 3. The van der Waals surface area contributed by atoms with Crippen molar-refractivity contribution >= 4 is 29.2 Å². The van der Waals surface area contributed by atoms with Crippen LogP contribution in [0, 0.1) is 11.6 Å². The molecule has 3 rings (SSSR count). The fraction of sp³-hybridized carbons (Fsp3) is 0.125. The zero-order valence-electron chi connectivity index (χ0n) is 18.0. The van der Waals surface area contributed by atoms with Gasteiger partial charge in [-0.1, -0.05) is 6.07 Å². The highest BCUT2D eigenvalue weighted by Gasteiger charge is 2.13. The van der Waals surface area contributed by atoms with Crippen molar-refractivity contribution < 1.29 is 37.4 Å². The summed E-state index contributed by atoms with van der Waals surface area (Å²) in [6.07, 6.45) is 0. The molecule has 34 heavy (non-hydrogen) atoms. The molecule has 0 fully saturated rings. The third kappa shape index (κ3) is 7.02. The molecular weight excluding hydrogens is 450 g/mol. The van der Waals surface area contributed by atoms with Crippen LogP contribution < -0.4 is 20.1 Å². The van der Waals surface area contributed by atoms with Crippen LogP contribution in [-0.4, -0.2) is 38.1 Å². The molecule has 8 nitrogen and oxygen atoms in total. The predicted octanol–water partition coefficient (Wildman–Crippen LogP) is 3.79. The van der Waals surface area contributed by atoms with E-state index in [0.29, 0.717) is 17.2 Å². The fourth-order valence-electron chi connectivity index (χ4n) is 2.73. The lowest BCUT2D eigenvalue weighted by molar-refractivity contribution is -0.119. The number of carbonyl (C=O) groups is 3. The zero-order chi connectivity index (χ0) is 24.5. The third-order valence-corrected chi connectivity index (χ3v) is 4.35. The number of hydrogen-bond donors (Lipinski definition) is 2. The summed E-state index contributed by atoms with van der Waals surface area (Å²) in [6.45, 7) is -0.963. The van der Waals surface area contributed by atoms with E-state index in [2.05, 4.69) is 10.6 Å². The molecule has 0 unspecified atom stereocenters. The summed E-state index contributed by atoms with van der Waals surface area (Å²) in [5.74, 6) is -2.66. The summed E-state index contributed by atoms with van der Waals surface area (Å²) < 4.78 is 42.1. The minimum atomic E-state index is -0.833. The van der Waals surface area contributed by atoms with E-state index in [4.69, 9.17) is 14.2 Å².